The van der Waals surface area contributed by atoms with Gasteiger partial charge < -0.3 is 25.8 Å². The van der Waals surface area contributed by atoms with Crippen LogP contribution in [0.3, 0.4) is 0 Å². The number of ketones is 1. The number of nitrogens with two attached hydrogens (primary N) is 1. The van der Waals surface area contributed by atoms with Gasteiger partial charge in [0.2, 0.25) is 0 Å². The Morgan fingerprint density at radius 3 is 2.68 bits per heavy atom. The molecular weight excluding hydrogens is 355 g/mol. The third-order valence-corrected chi connectivity index (χ3v) is 5.98. The average molecular weight is 380 g/mol. The van der Waals surface area contributed by atoms with E-state index in [0.29, 0.717) is 12.0 Å². The summed E-state index contributed by atoms with van der Waals surface area (Å²) >= 11 is 0. The quantitative estimate of drug-likeness (QED) is 0.546. The molecule has 2 aliphatic rings. The number of hydrogen-bond donors (Lipinski definition) is 4. The molecule has 2 heterocycles. The van der Waals surface area contributed by atoms with Gasteiger partial charge in [-0.2, -0.15) is 0 Å². The third kappa shape index (κ3) is 3.35. The molecule has 0 bridgehead atoms. The monoisotopic (exact) mass is 380 g/mol. The Balaban J connectivity index is 1.65. The summed E-state index contributed by atoms with van der Waals surface area (Å²) in [6, 6.07) is 12.8. The Kier molecular flexibility index (Phi) is 5.25. The van der Waals surface area contributed by atoms with Gasteiger partial charge in [-0.1, -0.05) is 36.4 Å². The van der Waals surface area contributed by atoms with Crippen LogP contribution in [0.2, 0.25) is 0 Å². The third-order valence-electron chi connectivity index (χ3n) is 5.98. The van der Waals surface area contributed by atoms with Crippen molar-refractivity contribution in [2.75, 3.05) is 13.1 Å². The minimum atomic E-state index is -1.55. The highest BCUT2D eigenvalue weighted by Gasteiger charge is 2.52. The van der Waals surface area contributed by atoms with E-state index >= 15 is 0 Å². The largest absolute Gasteiger partial charge is 0.488 e. The van der Waals surface area contributed by atoms with Crippen LogP contribution in [-0.4, -0.2) is 42.1 Å². The van der Waals surface area contributed by atoms with Gasteiger partial charge in [0.15, 0.2) is 11.9 Å². The standard InChI is InChI=1S/C21H25BN2O4/c23-13-15-4-5-19-17(11-15)21(6-8-24-9-7-21)20(28-19)18(25)12-14-2-1-3-16(10-14)22(26)27/h1-5,10-11,20,24,26-27H,6-9,12-13,23H2. The van der Waals surface area contributed by atoms with Gasteiger partial charge in [-0.25, -0.2) is 0 Å². The van der Waals surface area contributed by atoms with E-state index in [2.05, 4.69) is 11.4 Å². The van der Waals surface area contributed by atoms with Crippen LogP contribution in [0.5, 0.6) is 5.75 Å². The normalized spacial score (nSPS) is 19.9. The first-order chi connectivity index (χ1) is 13.5. The first kappa shape index (κ1) is 19.1. The van der Waals surface area contributed by atoms with Gasteiger partial charge in [0.25, 0.3) is 0 Å². The van der Waals surface area contributed by atoms with E-state index in [1.165, 1.54) is 0 Å². The van der Waals surface area contributed by atoms with Gasteiger partial charge in [-0.05, 0) is 48.6 Å². The topological polar surface area (TPSA) is 105 Å². The van der Waals surface area contributed by atoms with Crippen LogP contribution >= 0.6 is 0 Å². The van der Waals surface area contributed by atoms with Crippen molar-refractivity contribution in [2.45, 2.75) is 37.3 Å². The summed E-state index contributed by atoms with van der Waals surface area (Å²) in [5.41, 5.74) is 8.76. The highest BCUT2D eigenvalue weighted by molar-refractivity contribution is 6.58. The Labute approximate surface area is 164 Å². The molecule has 2 aliphatic heterocycles. The highest BCUT2D eigenvalue weighted by Crippen LogP contribution is 2.49. The Hall–Kier alpha value is -2.19. The zero-order valence-electron chi connectivity index (χ0n) is 15.7. The number of carbonyl (C=O) groups is 1. The lowest BCUT2D eigenvalue weighted by Crippen LogP contribution is -2.50. The fourth-order valence-electron chi connectivity index (χ4n) is 4.51. The van der Waals surface area contributed by atoms with Gasteiger partial charge in [0, 0.05) is 23.9 Å². The molecule has 1 fully saturated rings. The van der Waals surface area contributed by atoms with E-state index in [9.17, 15) is 14.8 Å². The molecule has 2 aromatic rings. The predicted molar refractivity (Wildman–Crippen MR) is 108 cm³/mol. The van der Waals surface area contributed by atoms with E-state index in [1.54, 1.807) is 18.2 Å². The number of ether oxygens (including phenoxy) is 1. The van der Waals surface area contributed by atoms with Gasteiger partial charge in [0.05, 0.1) is 0 Å². The molecule has 0 aliphatic carbocycles. The average Bonchev–Trinajstić information content (AvgIpc) is 3.02. The second-order valence-corrected chi connectivity index (χ2v) is 7.70. The van der Waals surface area contributed by atoms with Crippen LogP contribution in [0.25, 0.3) is 0 Å². The van der Waals surface area contributed by atoms with Crippen molar-refractivity contribution in [2.24, 2.45) is 5.73 Å². The van der Waals surface area contributed by atoms with Crippen LogP contribution in [0.1, 0.15) is 29.5 Å². The van der Waals surface area contributed by atoms with Gasteiger partial charge in [-0.3, -0.25) is 4.79 Å². The molecule has 1 saturated heterocycles. The summed E-state index contributed by atoms with van der Waals surface area (Å²) in [5.74, 6) is 0.786. The smallest absolute Gasteiger partial charge is 0.481 e. The van der Waals surface area contributed by atoms with Crippen LogP contribution in [0.15, 0.2) is 42.5 Å². The van der Waals surface area contributed by atoms with Crippen LogP contribution in [0.4, 0.5) is 0 Å². The van der Waals surface area contributed by atoms with Crippen molar-refractivity contribution in [3.05, 3.63) is 59.2 Å². The molecule has 146 valence electrons. The van der Waals surface area contributed by atoms with Crippen LogP contribution < -0.4 is 21.3 Å². The first-order valence-electron chi connectivity index (χ1n) is 9.72. The zero-order chi connectivity index (χ0) is 19.7. The van der Waals surface area contributed by atoms with Gasteiger partial charge in [-0.15, -0.1) is 0 Å². The zero-order valence-corrected chi connectivity index (χ0v) is 15.7. The van der Waals surface area contributed by atoms with E-state index in [0.717, 1.165) is 48.4 Å². The Morgan fingerprint density at radius 1 is 1.18 bits per heavy atom. The lowest BCUT2D eigenvalue weighted by Gasteiger charge is -2.37. The molecule has 0 aromatic heterocycles. The highest BCUT2D eigenvalue weighted by atomic mass is 16.5. The molecule has 5 N–H and O–H groups in total. The van der Waals surface area contributed by atoms with E-state index < -0.39 is 13.2 Å². The molecule has 7 heteroatoms. The Bertz CT molecular complexity index is 880. The summed E-state index contributed by atoms with van der Waals surface area (Å²) < 4.78 is 6.19. The predicted octanol–water partition coefficient (Wildman–Crippen LogP) is 0.0191. The summed E-state index contributed by atoms with van der Waals surface area (Å²) in [4.78, 5) is 13.3. The fraction of sp³-hybridized carbons (Fsp3) is 0.381. The minimum Gasteiger partial charge on any atom is -0.481 e. The summed E-state index contributed by atoms with van der Waals surface area (Å²) in [6.07, 6.45) is 1.32. The van der Waals surface area contributed by atoms with E-state index in [-0.39, 0.29) is 17.6 Å². The molecule has 2 aromatic carbocycles. The number of hydrogen-bond acceptors (Lipinski definition) is 6. The number of Topliss-reactive ketones (excluding diaryl/α,β-unsaturated/α-hetero) is 1. The second-order valence-electron chi connectivity index (χ2n) is 7.70. The van der Waals surface area contributed by atoms with E-state index in [4.69, 9.17) is 10.5 Å². The first-order valence-corrected chi connectivity index (χ1v) is 9.72. The molecule has 0 radical (unpaired) electrons. The molecular formula is C21H25BN2O4. The maximum Gasteiger partial charge on any atom is 0.488 e. The minimum absolute atomic E-state index is 0.0111. The number of piperidine rings is 1. The lowest BCUT2D eigenvalue weighted by molar-refractivity contribution is -0.127. The number of fused-ring (bicyclic) bond motifs is 2. The van der Waals surface area contributed by atoms with Crippen LogP contribution in [-0.2, 0) is 23.2 Å². The SMILES string of the molecule is NCc1ccc2c(c1)C1(CCNCC1)C(C(=O)Cc1cccc(B(O)O)c1)O2. The van der Waals surface area contributed by atoms with Crippen molar-refractivity contribution in [1.29, 1.82) is 0 Å². The number of benzene rings is 2. The number of nitrogens with one attached hydrogen (secondary N) is 1. The molecule has 0 saturated carbocycles. The van der Waals surface area contributed by atoms with Crippen molar-refractivity contribution < 1.29 is 19.6 Å². The van der Waals surface area contributed by atoms with Crippen molar-refractivity contribution >= 4 is 18.4 Å². The fourth-order valence-corrected chi connectivity index (χ4v) is 4.51. The molecule has 4 rings (SSSR count). The summed E-state index contributed by atoms with van der Waals surface area (Å²) in [5, 5.41) is 22.2. The molecule has 1 atom stereocenters. The van der Waals surface area contributed by atoms with Crippen molar-refractivity contribution in [3.63, 3.8) is 0 Å². The molecule has 1 spiro atoms. The number of rotatable bonds is 5. The summed E-state index contributed by atoms with van der Waals surface area (Å²) in [6.45, 7) is 2.13. The van der Waals surface area contributed by atoms with Gasteiger partial charge in [0.1, 0.15) is 5.75 Å². The van der Waals surface area contributed by atoms with Gasteiger partial charge >= 0.3 is 7.12 Å². The number of carbonyl (C=O) groups excluding carboxylic acids is 1. The Morgan fingerprint density at radius 2 is 1.96 bits per heavy atom. The van der Waals surface area contributed by atoms with Crippen LogP contribution in [0, 0.1) is 0 Å². The molecule has 6 nitrogen and oxygen atoms in total. The molecule has 28 heavy (non-hydrogen) atoms. The lowest BCUT2D eigenvalue weighted by atomic mass is 9.68. The van der Waals surface area contributed by atoms with Crippen molar-refractivity contribution in [3.8, 4) is 5.75 Å². The van der Waals surface area contributed by atoms with E-state index in [1.807, 2.05) is 18.2 Å². The maximum atomic E-state index is 13.3. The second kappa shape index (κ2) is 7.68. The van der Waals surface area contributed by atoms with Crippen molar-refractivity contribution in [1.82, 2.24) is 5.32 Å². The molecule has 0 amide bonds. The summed E-state index contributed by atoms with van der Waals surface area (Å²) in [7, 11) is -1.55. The molecule has 1 unspecified atom stereocenters. The maximum absolute atomic E-state index is 13.3.